The number of rotatable bonds is 7. The number of carbonyl (C=O) groups is 1. The Morgan fingerprint density at radius 3 is 2.47 bits per heavy atom. The van der Waals surface area contributed by atoms with Crippen molar-refractivity contribution in [3.8, 4) is 0 Å². The molecule has 0 saturated heterocycles. The maximum atomic E-state index is 10.4. The molecule has 4 nitrogen and oxygen atoms in total. The normalized spacial score (nSPS) is 11.3. The lowest BCUT2D eigenvalue weighted by Gasteiger charge is -2.09. The first kappa shape index (κ1) is 16.8. The Hall–Kier alpha value is -0.580. The third-order valence-electron chi connectivity index (χ3n) is 1.84. The van der Waals surface area contributed by atoms with Crippen LogP contribution in [0, 0.1) is 0 Å². The Balaban J connectivity index is 0. The Labute approximate surface area is 97.8 Å². The van der Waals surface area contributed by atoms with Crippen LogP contribution in [0.25, 0.3) is 0 Å². The Morgan fingerprint density at radius 2 is 2.00 bits per heavy atom. The van der Waals surface area contributed by atoms with Crippen LogP contribution in [0.3, 0.4) is 0 Å². The quantitative estimate of drug-likeness (QED) is 0.511. The van der Waals surface area contributed by atoms with E-state index < -0.39 is 5.97 Å². The summed E-state index contributed by atoms with van der Waals surface area (Å²) in [6, 6.07) is 0. The lowest BCUT2D eigenvalue weighted by Crippen LogP contribution is -2.27. The Morgan fingerprint density at radius 1 is 1.40 bits per heavy atom. The molecule has 90 valence electrons. The monoisotopic (exact) mass is 236 g/mol. The summed E-state index contributed by atoms with van der Waals surface area (Å²) in [6.45, 7) is 4.38. The molecule has 0 unspecified atom stereocenters. The molecule has 0 rings (SSSR count). The van der Waals surface area contributed by atoms with Crippen LogP contribution in [0.15, 0.2) is 11.6 Å². The van der Waals surface area contributed by atoms with E-state index in [0.717, 1.165) is 26.1 Å². The second kappa shape index (κ2) is 9.96. The molecule has 0 aromatic rings. The second-order valence-electron chi connectivity index (χ2n) is 3.53. The van der Waals surface area contributed by atoms with Crippen LogP contribution in [0.1, 0.15) is 13.3 Å². The zero-order valence-corrected chi connectivity index (χ0v) is 10.4. The van der Waals surface area contributed by atoms with Crippen molar-refractivity contribution in [3.05, 3.63) is 11.6 Å². The minimum absolute atomic E-state index is 0. The van der Waals surface area contributed by atoms with E-state index in [0.29, 0.717) is 5.57 Å². The van der Waals surface area contributed by atoms with Gasteiger partial charge >= 0.3 is 5.97 Å². The van der Waals surface area contributed by atoms with Crippen molar-refractivity contribution in [1.29, 1.82) is 0 Å². The third kappa shape index (κ3) is 11.3. The first-order valence-corrected chi connectivity index (χ1v) is 4.79. The van der Waals surface area contributed by atoms with Crippen molar-refractivity contribution >= 4 is 18.4 Å². The zero-order chi connectivity index (χ0) is 11.0. The molecule has 0 radical (unpaired) electrons. The number of halogens is 1. The lowest BCUT2D eigenvalue weighted by molar-refractivity contribution is -0.132. The molecule has 0 aromatic carbocycles. The van der Waals surface area contributed by atoms with Gasteiger partial charge in [0, 0.05) is 18.7 Å². The molecule has 0 aromatic heterocycles. The highest BCUT2D eigenvalue weighted by Gasteiger charge is 1.97. The summed E-state index contributed by atoms with van der Waals surface area (Å²) < 4.78 is 0. The molecular formula is C10H21ClN2O2. The van der Waals surface area contributed by atoms with Gasteiger partial charge in [0.05, 0.1) is 0 Å². The molecule has 0 spiro atoms. The van der Waals surface area contributed by atoms with Crippen molar-refractivity contribution < 1.29 is 9.90 Å². The van der Waals surface area contributed by atoms with Crippen molar-refractivity contribution in [1.82, 2.24) is 10.2 Å². The molecular weight excluding hydrogens is 216 g/mol. The second-order valence-corrected chi connectivity index (χ2v) is 3.53. The maximum absolute atomic E-state index is 10.4. The summed E-state index contributed by atoms with van der Waals surface area (Å²) in [5.74, 6) is -0.835. The molecule has 0 bridgehead atoms. The first-order chi connectivity index (χ1) is 6.54. The number of carboxylic acid groups (broad SMARTS) is 1. The topological polar surface area (TPSA) is 52.6 Å². The summed E-state index contributed by atoms with van der Waals surface area (Å²) in [5, 5.41) is 11.8. The molecule has 5 heteroatoms. The predicted molar refractivity (Wildman–Crippen MR) is 64.7 cm³/mol. The van der Waals surface area contributed by atoms with Gasteiger partial charge in [-0.15, -0.1) is 12.4 Å². The molecule has 0 atom stereocenters. The van der Waals surface area contributed by atoms with E-state index in [1.165, 1.54) is 0 Å². The number of nitrogens with zero attached hydrogens (tertiary/aromatic N) is 1. The van der Waals surface area contributed by atoms with Crippen LogP contribution in [0.2, 0.25) is 0 Å². The number of nitrogens with one attached hydrogen (secondary N) is 1. The Bertz CT molecular complexity index is 206. The summed E-state index contributed by atoms with van der Waals surface area (Å²) in [5.41, 5.74) is 0.416. The minimum Gasteiger partial charge on any atom is -0.478 e. The maximum Gasteiger partial charge on any atom is 0.330 e. The van der Waals surface area contributed by atoms with Gasteiger partial charge in [0.2, 0.25) is 0 Å². The SMILES string of the molecule is CC(=CCCNCCN(C)C)C(=O)O.Cl. The first-order valence-electron chi connectivity index (χ1n) is 4.79. The summed E-state index contributed by atoms with van der Waals surface area (Å²) in [4.78, 5) is 12.5. The van der Waals surface area contributed by atoms with Crippen LogP contribution in [-0.2, 0) is 4.79 Å². The van der Waals surface area contributed by atoms with Gasteiger partial charge < -0.3 is 15.3 Å². The van der Waals surface area contributed by atoms with Gasteiger partial charge in [0.25, 0.3) is 0 Å². The van der Waals surface area contributed by atoms with Crippen LogP contribution in [0.5, 0.6) is 0 Å². The van der Waals surface area contributed by atoms with Gasteiger partial charge in [0.1, 0.15) is 0 Å². The number of aliphatic carboxylic acids is 1. The van der Waals surface area contributed by atoms with E-state index >= 15 is 0 Å². The van der Waals surface area contributed by atoms with Crippen molar-refractivity contribution in [2.24, 2.45) is 0 Å². The smallest absolute Gasteiger partial charge is 0.330 e. The molecule has 0 amide bonds. The van der Waals surface area contributed by atoms with Crippen molar-refractivity contribution in [3.63, 3.8) is 0 Å². The van der Waals surface area contributed by atoms with E-state index in [1.807, 2.05) is 14.1 Å². The van der Waals surface area contributed by atoms with Crippen LogP contribution in [-0.4, -0.2) is 49.7 Å². The van der Waals surface area contributed by atoms with E-state index in [-0.39, 0.29) is 12.4 Å². The van der Waals surface area contributed by atoms with E-state index in [4.69, 9.17) is 5.11 Å². The van der Waals surface area contributed by atoms with Gasteiger partial charge in [-0.05, 0) is 34.0 Å². The highest BCUT2D eigenvalue weighted by Crippen LogP contribution is 1.93. The van der Waals surface area contributed by atoms with Crippen LogP contribution in [0.4, 0.5) is 0 Å². The fraction of sp³-hybridized carbons (Fsp3) is 0.700. The van der Waals surface area contributed by atoms with E-state index in [9.17, 15) is 4.79 Å². The summed E-state index contributed by atoms with van der Waals surface area (Å²) in [6.07, 6.45) is 2.51. The predicted octanol–water partition coefficient (Wildman–Crippen LogP) is 0.980. The summed E-state index contributed by atoms with van der Waals surface area (Å²) in [7, 11) is 4.05. The number of likely N-dealkylation sites (N-methyl/N-ethyl adjacent to an activating group) is 1. The van der Waals surface area contributed by atoms with Crippen LogP contribution < -0.4 is 5.32 Å². The zero-order valence-electron chi connectivity index (χ0n) is 9.62. The van der Waals surface area contributed by atoms with Gasteiger partial charge in [0.15, 0.2) is 0 Å². The van der Waals surface area contributed by atoms with Gasteiger partial charge in [-0.2, -0.15) is 0 Å². The Kier molecular flexibility index (Phi) is 11.2. The highest BCUT2D eigenvalue weighted by molar-refractivity contribution is 5.85. The standard InChI is InChI=1S/C10H20N2O2.ClH/c1-9(10(13)14)5-4-6-11-7-8-12(2)3;/h5,11H,4,6-8H2,1-3H3,(H,13,14);1H. The average Bonchev–Trinajstić information content (AvgIpc) is 2.09. The molecule has 0 heterocycles. The number of carboxylic acids is 1. The van der Waals surface area contributed by atoms with Gasteiger partial charge in [-0.1, -0.05) is 6.08 Å². The highest BCUT2D eigenvalue weighted by atomic mass is 35.5. The lowest BCUT2D eigenvalue weighted by atomic mass is 10.2. The number of hydrogen-bond donors (Lipinski definition) is 2. The number of hydrogen-bond acceptors (Lipinski definition) is 3. The molecule has 0 fully saturated rings. The third-order valence-corrected chi connectivity index (χ3v) is 1.84. The molecule has 2 N–H and O–H groups in total. The van der Waals surface area contributed by atoms with E-state index in [1.54, 1.807) is 13.0 Å². The molecule has 0 aliphatic heterocycles. The summed E-state index contributed by atoms with van der Waals surface area (Å²) >= 11 is 0. The fourth-order valence-corrected chi connectivity index (χ4v) is 0.906. The van der Waals surface area contributed by atoms with E-state index in [2.05, 4.69) is 10.2 Å². The van der Waals surface area contributed by atoms with Gasteiger partial charge in [-0.3, -0.25) is 0 Å². The van der Waals surface area contributed by atoms with Crippen molar-refractivity contribution in [2.45, 2.75) is 13.3 Å². The molecule has 0 aliphatic carbocycles. The molecule has 15 heavy (non-hydrogen) atoms. The molecule has 0 saturated carbocycles. The fourth-order valence-electron chi connectivity index (χ4n) is 0.906. The largest absolute Gasteiger partial charge is 0.478 e. The van der Waals surface area contributed by atoms with Crippen molar-refractivity contribution in [2.75, 3.05) is 33.7 Å². The average molecular weight is 237 g/mol. The van der Waals surface area contributed by atoms with Gasteiger partial charge in [-0.25, -0.2) is 4.79 Å². The minimum atomic E-state index is -0.835. The van der Waals surface area contributed by atoms with Crippen LogP contribution >= 0.6 is 12.4 Å². The molecule has 0 aliphatic rings.